The fourth-order valence-electron chi connectivity index (χ4n) is 2.43. The van der Waals surface area contributed by atoms with Gasteiger partial charge >= 0.3 is 0 Å². The molecule has 1 saturated carbocycles. The van der Waals surface area contributed by atoms with E-state index < -0.39 is 0 Å². The van der Waals surface area contributed by atoms with E-state index in [9.17, 15) is 4.79 Å². The number of carbonyl (C=O) groups excluding carboxylic acids is 1. The monoisotopic (exact) mass is 230 g/mol. The Hall–Kier alpha value is -1.31. The van der Waals surface area contributed by atoms with Crippen molar-refractivity contribution in [2.45, 2.75) is 38.5 Å². The van der Waals surface area contributed by atoms with E-state index in [1.165, 1.54) is 24.0 Å². The lowest BCUT2D eigenvalue weighted by Crippen LogP contribution is -2.01. The lowest BCUT2D eigenvalue weighted by atomic mass is 10.0. The van der Waals surface area contributed by atoms with E-state index in [0.717, 1.165) is 37.5 Å². The predicted octanol–water partition coefficient (Wildman–Crippen LogP) is 2.92. The zero-order chi connectivity index (χ0) is 11.7. The van der Waals surface area contributed by atoms with E-state index in [2.05, 4.69) is 12.1 Å². The first kappa shape index (κ1) is 10.8. The third-order valence-electron chi connectivity index (χ3n) is 3.66. The smallest absolute Gasteiger partial charge is 0.133 e. The molecule has 1 fully saturated rings. The molecule has 0 aromatic heterocycles. The zero-order valence-electron chi connectivity index (χ0n) is 10.1. The van der Waals surface area contributed by atoms with Gasteiger partial charge in [0.15, 0.2) is 0 Å². The van der Waals surface area contributed by atoms with Crippen LogP contribution in [0.3, 0.4) is 0 Å². The second-order valence-electron chi connectivity index (χ2n) is 5.23. The second-order valence-corrected chi connectivity index (χ2v) is 5.23. The largest absolute Gasteiger partial charge is 0.493 e. The van der Waals surface area contributed by atoms with Crippen molar-refractivity contribution in [1.29, 1.82) is 0 Å². The standard InChI is InChI=1S/C15H18O2/c16-14(10-12-1-2-12)5-3-11-4-6-15-13(9-11)7-8-17-15/h4,6,9,12H,1-3,5,7-8,10H2. The number of ketones is 1. The summed E-state index contributed by atoms with van der Waals surface area (Å²) >= 11 is 0. The van der Waals surface area contributed by atoms with E-state index >= 15 is 0 Å². The maximum absolute atomic E-state index is 11.7. The van der Waals surface area contributed by atoms with Gasteiger partial charge in [-0.25, -0.2) is 0 Å². The first-order valence-corrected chi connectivity index (χ1v) is 6.57. The molecule has 2 nitrogen and oxygen atoms in total. The minimum absolute atomic E-state index is 0.434. The molecule has 0 spiro atoms. The van der Waals surface area contributed by atoms with Crippen LogP contribution < -0.4 is 4.74 Å². The number of fused-ring (bicyclic) bond motifs is 1. The summed E-state index contributed by atoms with van der Waals surface area (Å²) in [6, 6.07) is 6.34. The highest BCUT2D eigenvalue weighted by Gasteiger charge is 2.24. The van der Waals surface area contributed by atoms with E-state index in [0.29, 0.717) is 12.2 Å². The Balaban J connectivity index is 1.55. The van der Waals surface area contributed by atoms with E-state index in [1.54, 1.807) is 0 Å². The number of ether oxygens (including phenoxy) is 1. The minimum atomic E-state index is 0.434. The van der Waals surface area contributed by atoms with Crippen LogP contribution in [0.25, 0.3) is 0 Å². The predicted molar refractivity (Wildman–Crippen MR) is 66.3 cm³/mol. The molecule has 2 aliphatic rings. The highest BCUT2D eigenvalue weighted by atomic mass is 16.5. The Kier molecular flexibility index (Phi) is 2.87. The van der Waals surface area contributed by atoms with Gasteiger partial charge in [-0.3, -0.25) is 4.79 Å². The molecule has 0 atom stereocenters. The van der Waals surface area contributed by atoms with Crippen LogP contribution in [-0.4, -0.2) is 12.4 Å². The molecule has 1 aromatic carbocycles. The van der Waals surface area contributed by atoms with Crippen molar-refractivity contribution in [3.8, 4) is 5.75 Å². The second kappa shape index (κ2) is 4.52. The van der Waals surface area contributed by atoms with Crippen LogP contribution in [0.15, 0.2) is 18.2 Å². The number of benzene rings is 1. The summed E-state index contributed by atoms with van der Waals surface area (Å²) in [5.41, 5.74) is 2.58. The fraction of sp³-hybridized carbons (Fsp3) is 0.533. The summed E-state index contributed by atoms with van der Waals surface area (Å²) in [6.45, 7) is 0.805. The quantitative estimate of drug-likeness (QED) is 0.777. The van der Waals surface area contributed by atoms with Crippen LogP contribution in [-0.2, 0) is 17.6 Å². The number of hydrogen-bond acceptors (Lipinski definition) is 2. The topological polar surface area (TPSA) is 26.3 Å². The summed E-state index contributed by atoms with van der Waals surface area (Å²) in [4.78, 5) is 11.7. The van der Waals surface area contributed by atoms with Gasteiger partial charge in [-0.05, 0) is 42.4 Å². The summed E-state index contributed by atoms with van der Waals surface area (Å²) in [5.74, 6) is 2.18. The molecule has 0 amide bonds. The van der Waals surface area contributed by atoms with Crippen LogP contribution in [0.4, 0.5) is 0 Å². The molecule has 0 unspecified atom stereocenters. The Morgan fingerprint density at radius 3 is 3.06 bits per heavy atom. The van der Waals surface area contributed by atoms with Gasteiger partial charge in [0.25, 0.3) is 0 Å². The van der Waals surface area contributed by atoms with Gasteiger partial charge in [-0.15, -0.1) is 0 Å². The maximum Gasteiger partial charge on any atom is 0.133 e. The first-order chi connectivity index (χ1) is 8.31. The summed E-state index contributed by atoms with van der Waals surface area (Å²) in [6.07, 6.45) is 5.95. The molecule has 0 saturated heterocycles. The fourth-order valence-corrected chi connectivity index (χ4v) is 2.43. The Morgan fingerprint density at radius 2 is 2.24 bits per heavy atom. The van der Waals surface area contributed by atoms with Crippen LogP contribution in [0, 0.1) is 5.92 Å². The Labute approximate surface area is 102 Å². The molecule has 0 bridgehead atoms. The third kappa shape index (κ3) is 2.68. The van der Waals surface area contributed by atoms with E-state index in [-0.39, 0.29) is 0 Å². The Morgan fingerprint density at radius 1 is 1.35 bits per heavy atom. The normalized spacial score (nSPS) is 17.6. The molecule has 0 N–H and O–H groups in total. The van der Waals surface area contributed by atoms with Crippen molar-refractivity contribution in [3.05, 3.63) is 29.3 Å². The highest BCUT2D eigenvalue weighted by molar-refractivity contribution is 5.79. The first-order valence-electron chi connectivity index (χ1n) is 6.57. The van der Waals surface area contributed by atoms with Gasteiger partial charge < -0.3 is 4.74 Å². The van der Waals surface area contributed by atoms with Crippen molar-refractivity contribution in [3.63, 3.8) is 0 Å². The number of aryl methyl sites for hydroxylation is 1. The van der Waals surface area contributed by atoms with Gasteiger partial charge in [0.1, 0.15) is 11.5 Å². The van der Waals surface area contributed by atoms with Gasteiger partial charge in [0.05, 0.1) is 6.61 Å². The summed E-state index contributed by atoms with van der Waals surface area (Å²) in [7, 11) is 0. The molecule has 17 heavy (non-hydrogen) atoms. The number of carbonyl (C=O) groups is 1. The van der Waals surface area contributed by atoms with E-state index in [1.807, 2.05) is 6.07 Å². The van der Waals surface area contributed by atoms with Gasteiger partial charge in [0, 0.05) is 19.3 Å². The van der Waals surface area contributed by atoms with Crippen LogP contribution in [0.1, 0.15) is 36.8 Å². The molecule has 0 radical (unpaired) electrons. The van der Waals surface area contributed by atoms with Crippen molar-refractivity contribution in [2.24, 2.45) is 5.92 Å². The lowest BCUT2D eigenvalue weighted by molar-refractivity contribution is -0.119. The average Bonchev–Trinajstić information content (AvgIpc) is 3.01. The van der Waals surface area contributed by atoms with Gasteiger partial charge in [-0.1, -0.05) is 12.1 Å². The van der Waals surface area contributed by atoms with E-state index in [4.69, 9.17) is 4.74 Å². The van der Waals surface area contributed by atoms with Gasteiger partial charge in [-0.2, -0.15) is 0 Å². The molecular weight excluding hydrogens is 212 g/mol. The van der Waals surface area contributed by atoms with Crippen LogP contribution >= 0.6 is 0 Å². The minimum Gasteiger partial charge on any atom is -0.493 e. The number of hydrogen-bond donors (Lipinski definition) is 0. The van der Waals surface area contributed by atoms with Crippen LogP contribution in [0.5, 0.6) is 5.75 Å². The SMILES string of the molecule is O=C(CCc1ccc2c(c1)CCO2)CC1CC1. The molecule has 3 rings (SSSR count). The van der Waals surface area contributed by atoms with Crippen molar-refractivity contribution in [2.75, 3.05) is 6.61 Å². The molecule has 1 aromatic rings. The van der Waals surface area contributed by atoms with Crippen molar-refractivity contribution >= 4 is 5.78 Å². The van der Waals surface area contributed by atoms with Crippen molar-refractivity contribution < 1.29 is 9.53 Å². The average molecular weight is 230 g/mol. The molecule has 1 aliphatic heterocycles. The Bertz CT molecular complexity index is 433. The lowest BCUT2D eigenvalue weighted by Gasteiger charge is -2.04. The summed E-state index contributed by atoms with van der Waals surface area (Å²) < 4.78 is 5.47. The van der Waals surface area contributed by atoms with Crippen molar-refractivity contribution in [1.82, 2.24) is 0 Å². The highest BCUT2D eigenvalue weighted by Crippen LogP contribution is 2.33. The molecule has 2 heteroatoms. The summed E-state index contributed by atoms with van der Waals surface area (Å²) in [5, 5.41) is 0. The number of rotatable bonds is 5. The molecule has 1 heterocycles. The maximum atomic E-state index is 11.7. The molecule has 90 valence electrons. The molecule has 1 aliphatic carbocycles. The molecular formula is C15H18O2. The number of Topliss-reactive ketones (excluding diaryl/α,β-unsaturated/α-hetero) is 1. The van der Waals surface area contributed by atoms with Crippen LogP contribution in [0.2, 0.25) is 0 Å². The zero-order valence-corrected chi connectivity index (χ0v) is 10.1. The third-order valence-corrected chi connectivity index (χ3v) is 3.66. The van der Waals surface area contributed by atoms with Gasteiger partial charge in [0.2, 0.25) is 0 Å².